The number of rotatable bonds is 4. The molecule has 26 heavy (non-hydrogen) atoms. The van der Waals surface area contributed by atoms with Crippen molar-refractivity contribution < 1.29 is 22.4 Å². The lowest BCUT2D eigenvalue weighted by Gasteiger charge is -2.15. The van der Waals surface area contributed by atoms with Crippen LogP contribution in [0.2, 0.25) is 0 Å². The number of nitrogens with two attached hydrogens (primary N) is 1. The van der Waals surface area contributed by atoms with E-state index in [2.05, 4.69) is 5.32 Å². The Morgan fingerprint density at radius 2 is 1.54 bits per heavy atom. The highest BCUT2D eigenvalue weighted by atomic mass is 35.5. The number of carbonyl (C=O) groups excluding carboxylic acids is 2. The molecule has 2 amide bonds. The van der Waals surface area contributed by atoms with Gasteiger partial charge in [-0.2, -0.15) is 0 Å². The molecule has 2 aromatic rings. The van der Waals surface area contributed by atoms with E-state index in [0.29, 0.717) is 5.69 Å². The van der Waals surface area contributed by atoms with Gasteiger partial charge in [-0.15, -0.1) is 0 Å². The number of sulfonamides is 1. The summed E-state index contributed by atoms with van der Waals surface area (Å²) in [5.41, 5.74) is 0.326. The lowest BCUT2D eigenvalue weighted by Crippen LogP contribution is -2.32. The van der Waals surface area contributed by atoms with Crippen molar-refractivity contribution >= 4 is 44.8 Å². The van der Waals surface area contributed by atoms with Crippen molar-refractivity contribution in [1.29, 1.82) is 0 Å². The Morgan fingerprint density at radius 1 is 0.962 bits per heavy atom. The number of anilines is 2. The number of benzene rings is 2. The molecule has 7 nitrogen and oxygen atoms in total. The van der Waals surface area contributed by atoms with E-state index in [1.165, 1.54) is 48.5 Å². The van der Waals surface area contributed by atoms with Gasteiger partial charge in [0.1, 0.15) is 16.5 Å². The first kappa shape index (κ1) is 18.1. The fourth-order valence-corrected chi connectivity index (χ4v) is 3.04. The molecular formula is C16H11ClFN3O4S. The van der Waals surface area contributed by atoms with Crippen LogP contribution in [0.1, 0.15) is 0 Å². The van der Waals surface area contributed by atoms with E-state index in [9.17, 15) is 22.4 Å². The molecule has 1 aliphatic heterocycles. The third-order valence-corrected chi connectivity index (χ3v) is 4.84. The van der Waals surface area contributed by atoms with Gasteiger partial charge in [0.25, 0.3) is 11.8 Å². The van der Waals surface area contributed by atoms with Gasteiger partial charge in [-0.05, 0) is 48.5 Å². The third kappa shape index (κ3) is 3.32. The van der Waals surface area contributed by atoms with Crippen LogP contribution in [0.4, 0.5) is 15.8 Å². The normalized spacial score (nSPS) is 15.0. The van der Waals surface area contributed by atoms with Crippen LogP contribution >= 0.6 is 11.6 Å². The molecule has 2 aromatic carbocycles. The fourth-order valence-electron chi connectivity index (χ4n) is 2.31. The molecule has 3 N–H and O–H groups in total. The van der Waals surface area contributed by atoms with Crippen molar-refractivity contribution in [3.05, 3.63) is 65.1 Å². The number of halogens is 2. The molecule has 0 aromatic heterocycles. The summed E-state index contributed by atoms with van der Waals surface area (Å²) in [5.74, 6) is -1.96. The van der Waals surface area contributed by atoms with Crippen LogP contribution in [-0.4, -0.2) is 20.2 Å². The van der Waals surface area contributed by atoms with Crippen LogP contribution in [0, 0.1) is 5.82 Å². The second-order valence-electron chi connectivity index (χ2n) is 5.31. The van der Waals surface area contributed by atoms with Gasteiger partial charge in [-0.1, -0.05) is 11.6 Å². The lowest BCUT2D eigenvalue weighted by molar-refractivity contribution is -0.120. The minimum Gasteiger partial charge on any atom is -0.350 e. The largest absolute Gasteiger partial charge is 0.350 e. The van der Waals surface area contributed by atoms with E-state index in [1.54, 1.807) is 0 Å². The number of carbonyl (C=O) groups is 2. The fraction of sp³-hybridized carbons (Fsp3) is 0. The topological polar surface area (TPSA) is 110 Å². The summed E-state index contributed by atoms with van der Waals surface area (Å²) >= 11 is 5.97. The molecule has 134 valence electrons. The maximum Gasteiger partial charge on any atom is 0.283 e. The summed E-state index contributed by atoms with van der Waals surface area (Å²) in [5, 5.41) is 7.36. The first-order valence-corrected chi connectivity index (χ1v) is 9.05. The maximum atomic E-state index is 13.0. The summed E-state index contributed by atoms with van der Waals surface area (Å²) in [6, 6.07) is 10.0. The van der Waals surface area contributed by atoms with Crippen LogP contribution in [0.25, 0.3) is 0 Å². The summed E-state index contributed by atoms with van der Waals surface area (Å²) in [6.45, 7) is 0. The minimum atomic E-state index is -3.90. The van der Waals surface area contributed by atoms with E-state index in [0.717, 1.165) is 4.90 Å². The highest BCUT2D eigenvalue weighted by Crippen LogP contribution is 2.30. The second-order valence-corrected chi connectivity index (χ2v) is 7.24. The molecule has 0 unspecified atom stereocenters. The van der Waals surface area contributed by atoms with Gasteiger partial charge in [0, 0.05) is 5.69 Å². The van der Waals surface area contributed by atoms with Crippen LogP contribution < -0.4 is 15.4 Å². The summed E-state index contributed by atoms with van der Waals surface area (Å²) in [4.78, 5) is 25.5. The van der Waals surface area contributed by atoms with Crippen molar-refractivity contribution in [3.8, 4) is 0 Å². The SMILES string of the molecule is NS(=O)(=O)c1ccc(N2C(=O)C(Cl)=C(Nc3ccc(F)cc3)C2=O)cc1. The van der Waals surface area contributed by atoms with Gasteiger partial charge in [0.15, 0.2) is 0 Å². The van der Waals surface area contributed by atoms with Gasteiger partial charge in [0.05, 0.1) is 10.6 Å². The number of amides is 2. The monoisotopic (exact) mass is 395 g/mol. The Kier molecular flexibility index (Phi) is 4.53. The molecule has 3 rings (SSSR count). The van der Waals surface area contributed by atoms with Crippen LogP contribution in [0.15, 0.2) is 64.2 Å². The van der Waals surface area contributed by atoms with E-state index < -0.39 is 27.7 Å². The van der Waals surface area contributed by atoms with Crippen molar-refractivity contribution in [2.75, 3.05) is 10.2 Å². The maximum absolute atomic E-state index is 13.0. The molecule has 0 aliphatic carbocycles. The number of nitrogens with one attached hydrogen (secondary N) is 1. The van der Waals surface area contributed by atoms with Crippen molar-refractivity contribution in [2.45, 2.75) is 4.90 Å². The zero-order chi connectivity index (χ0) is 19.1. The number of hydrogen-bond donors (Lipinski definition) is 2. The van der Waals surface area contributed by atoms with Crippen LogP contribution in [-0.2, 0) is 19.6 Å². The minimum absolute atomic E-state index is 0.126. The highest BCUT2D eigenvalue weighted by molar-refractivity contribution is 7.89. The Labute approximate surface area is 152 Å². The molecule has 1 heterocycles. The first-order chi connectivity index (χ1) is 12.2. The number of primary sulfonamides is 1. The average molecular weight is 396 g/mol. The van der Waals surface area contributed by atoms with E-state index >= 15 is 0 Å². The summed E-state index contributed by atoms with van der Waals surface area (Å²) < 4.78 is 35.5. The zero-order valence-electron chi connectivity index (χ0n) is 12.9. The van der Waals surface area contributed by atoms with Gasteiger partial charge in [0.2, 0.25) is 10.0 Å². The van der Waals surface area contributed by atoms with E-state index in [1.807, 2.05) is 0 Å². The number of hydrogen-bond acceptors (Lipinski definition) is 5. The third-order valence-electron chi connectivity index (χ3n) is 3.56. The van der Waals surface area contributed by atoms with E-state index in [4.69, 9.17) is 16.7 Å². The molecule has 0 radical (unpaired) electrons. The Balaban J connectivity index is 1.89. The molecule has 10 heteroatoms. The molecule has 0 spiro atoms. The first-order valence-electron chi connectivity index (χ1n) is 7.12. The van der Waals surface area contributed by atoms with Crippen LogP contribution in [0.5, 0.6) is 0 Å². The summed E-state index contributed by atoms with van der Waals surface area (Å²) in [6.07, 6.45) is 0. The summed E-state index contributed by atoms with van der Waals surface area (Å²) in [7, 11) is -3.90. The van der Waals surface area contributed by atoms with Gasteiger partial charge >= 0.3 is 0 Å². The quantitative estimate of drug-likeness (QED) is 0.768. The van der Waals surface area contributed by atoms with Crippen molar-refractivity contribution in [2.24, 2.45) is 5.14 Å². The molecule has 0 atom stereocenters. The van der Waals surface area contributed by atoms with Crippen LogP contribution in [0.3, 0.4) is 0 Å². The predicted molar refractivity (Wildman–Crippen MR) is 93.2 cm³/mol. The van der Waals surface area contributed by atoms with Gasteiger partial charge in [-0.3, -0.25) is 9.59 Å². The van der Waals surface area contributed by atoms with Gasteiger partial charge < -0.3 is 5.32 Å². The second kappa shape index (κ2) is 6.52. The molecule has 1 aliphatic rings. The predicted octanol–water partition coefficient (Wildman–Crippen LogP) is 1.91. The Morgan fingerprint density at radius 3 is 2.08 bits per heavy atom. The average Bonchev–Trinajstić information content (AvgIpc) is 2.80. The van der Waals surface area contributed by atoms with Crippen molar-refractivity contribution in [3.63, 3.8) is 0 Å². The standard InChI is InChI=1S/C16H11ClFN3O4S/c17-13-14(20-10-3-1-9(18)2-4-10)16(23)21(15(13)22)11-5-7-12(8-6-11)26(19,24)25/h1-8,20H,(H2,19,24,25). The molecule has 0 saturated carbocycles. The van der Waals surface area contributed by atoms with E-state index in [-0.39, 0.29) is 21.3 Å². The molecule has 0 fully saturated rings. The number of imide groups is 1. The lowest BCUT2D eigenvalue weighted by atomic mass is 10.3. The molecule has 0 saturated heterocycles. The molecule has 0 bridgehead atoms. The molecular weight excluding hydrogens is 385 g/mol. The highest BCUT2D eigenvalue weighted by Gasteiger charge is 2.39. The van der Waals surface area contributed by atoms with Gasteiger partial charge in [-0.25, -0.2) is 22.8 Å². The zero-order valence-corrected chi connectivity index (χ0v) is 14.5. The Hall–Kier alpha value is -2.75. The number of nitrogens with zero attached hydrogens (tertiary/aromatic N) is 1. The van der Waals surface area contributed by atoms with Crippen molar-refractivity contribution in [1.82, 2.24) is 0 Å². The Bertz CT molecular complexity index is 1030. The smallest absolute Gasteiger partial charge is 0.283 e.